The summed E-state index contributed by atoms with van der Waals surface area (Å²) in [6, 6.07) is 0. The molecule has 0 saturated carbocycles. The van der Waals surface area contributed by atoms with E-state index in [0.717, 1.165) is 12.2 Å². The van der Waals surface area contributed by atoms with Gasteiger partial charge in [-0.1, -0.05) is 0 Å². The van der Waals surface area contributed by atoms with E-state index in [0.29, 0.717) is 0 Å². The third-order valence-corrected chi connectivity index (χ3v) is 1.64. The Labute approximate surface area is 68.8 Å². The SMILES string of the molecule is CC(=O)C1C(=N)C(=O)C=CC1=O. The zero-order chi connectivity index (χ0) is 9.30. The minimum absolute atomic E-state index is 0.421. The van der Waals surface area contributed by atoms with Crippen LogP contribution in [0.5, 0.6) is 0 Å². The van der Waals surface area contributed by atoms with Crippen LogP contribution in [-0.4, -0.2) is 23.1 Å². The second-order valence-electron chi connectivity index (χ2n) is 2.56. The first-order valence-corrected chi connectivity index (χ1v) is 3.39. The number of hydrogen-bond acceptors (Lipinski definition) is 4. The molecule has 0 heterocycles. The molecule has 62 valence electrons. The van der Waals surface area contributed by atoms with Crippen molar-refractivity contribution in [3.8, 4) is 0 Å². The summed E-state index contributed by atoms with van der Waals surface area (Å²) in [7, 11) is 0. The molecule has 1 rings (SSSR count). The summed E-state index contributed by atoms with van der Waals surface area (Å²) < 4.78 is 0. The minimum Gasteiger partial charge on any atom is -0.300 e. The van der Waals surface area contributed by atoms with E-state index >= 15 is 0 Å². The highest BCUT2D eigenvalue weighted by Crippen LogP contribution is 2.10. The fourth-order valence-corrected chi connectivity index (χ4v) is 1.03. The topological polar surface area (TPSA) is 75.1 Å². The maximum absolute atomic E-state index is 11.0. The Bertz CT molecular complexity index is 314. The number of Topliss-reactive ketones (excluding diaryl/α,β-unsaturated/α-hetero) is 1. The predicted molar refractivity (Wildman–Crippen MR) is 41.1 cm³/mol. The van der Waals surface area contributed by atoms with Gasteiger partial charge in [0.05, 0.1) is 5.71 Å². The third-order valence-electron chi connectivity index (χ3n) is 1.64. The highest BCUT2D eigenvalue weighted by atomic mass is 16.2. The molecule has 0 aromatic heterocycles. The highest BCUT2D eigenvalue weighted by Gasteiger charge is 2.32. The molecule has 1 N–H and O–H groups in total. The first kappa shape index (κ1) is 8.52. The molecule has 4 heteroatoms. The van der Waals surface area contributed by atoms with Crippen LogP contribution in [0.3, 0.4) is 0 Å². The molecule has 0 saturated heterocycles. The fourth-order valence-electron chi connectivity index (χ4n) is 1.03. The maximum Gasteiger partial charge on any atom is 0.200 e. The quantitative estimate of drug-likeness (QED) is 0.552. The number of carbonyl (C=O) groups excluding carboxylic acids is 3. The molecular weight excluding hydrogens is 158 g/mol. The normalized spacial score (nSPS) is 23.1. The smallest absolute Gasteiger partial charge is 0.200 e. The summed E-state index contributed by atoms with van der Waals surface area (Å²) in [5.74, 6) is -2.66. The van der Waals surface area contributed by atoms with Gasteiger partial charge in [-0.25, -0.2) is 0 Å². The van der Waals surface area contributed by atoms with Crippen molar-refractivity contribution in [1.82, 2.24) is 0 Å². The number of allylic oxidation sites excluding steroid dienone is 2. The van der Waals surface area contributed by atoms with Crippen molar-refractivity contribution in [3.63, 3.8) is 0 Å². The Balaban J connectivity index is 3.09. The van der Waals surface area contributed by atoms with E-state index in [1.165, 1.54) is 6.92 Å². The standard InChI is InChI=1S/C8H7NO3/c1-4(10)7-5(11)2-3-6(12)8(7)9/h2-3,7,9H,1H3. The molecule has 1 aliphatic rings. The molecule has 0 amide bonds. The van der Waals surface area contributed by atoms with Crippen LogP contribution in [0.15, 0.2) is 12.2 Å². The first-order valence-electron chi connectivity index (χ1n) is 3.39. The molecule has 0 spiro atoms. The van der Waals surface area contributed by atoms with Crippen molar-refractivity contribution in [3.05, 3.63) is 12.2 Å². The minimum atomic E-state index is -1.16. The van der Waals surface area contributed by atoms with Gasteiger partial charge in [0.1, 0.15) is 11.7 Å². The summed E-state index contributed by atoms with van der Waals surface area (Å²) in [4.78, 5) is 32.6. The average molecular weight is 165 g/mol. The van der Waals surface area contributed by atoms with Gasteiger partial charge in [-0.2, -0.15) is 0 Å². The molecule has 0 fully saturated rings. The summed E-state index contributed by atoms with van der Waals surface area (Å²) in [6.07, 6.45) is 2.07. The van der Waals surface area contributed by atoms with E-state index in [1.54, 1.807) is 0 Å². The van der Waals surface area contributed by atoms with E-state index in [2.05, 4.69) is 0 Å². The summed E-state index contributed by atoms with van der Waals surface area (Å²) >= 11 is 0. The average Bonchev–Trinajstić information content (AvgIpc) is 1.97. The van der Waals surface area contributed by atoms with Crippen molar-refractivity contribution in [2.24, 2.45) is 5.92 Å². The van der Waals surface area contributed by atoms with Crippen LogP contribution in [0.25, 0.3) is 0 Å². The Morgan fingerprint density at radius 1 is 1.42 bits per heavy atom. The van der Waals surface area contributed by atoms with Crippen LogP contribution < -0.4 is 0 Å². The lowest BCUT2D eigenvalue weighted by Crippen LogP contribution is -2.36. The van der Waals surface area contributed by atoms with Crippen LogP contribution in [-0.2, 0) is 14.4 Å². The second-order valence-corrected chi connectivity index (χ2v) is 2.56. The number of hydrogen-bond donors (Lipinski definition) is 1. The molecular formula is C8H7NO3. The van der Waals surface area contributed by atoms with E-state index in [-0.39, 0.29) is 0 Å². The Morgan fingerprint density at radius 3 is 2.42 bits per heavy atom. The van der Waals surface area contributed by atoms with Crippen LogP contribution in [0, 0.1) is 11.3 Å². The molecule has 0 aromatic rings. The van der Waals surface area contributed by atoms with Gasteiger partial charge in [0.25, 0.3) is 0 Å². The summed E-state index contributed by atoms with van der Waals surface area (Å²) in [5.41, 5.74) is -0.421. The molecule has 12 heavy (non-hydrogen) atoms. The van der Waals surface area contributed by atoms with Crippen molar-refractivity contribution in [2.75, 3.05) is 0 Å². The van der Waals surface area contributed by atoms with Crippen molar-refractivity contribution >= 4 is 23.1 Å². The number of carbonyl (C=O) groups is 3. The molecule has 0 radical (unpaired) electrons. The predicted octanol–water partition coefficient (Wildman–Crippen LogP) is -0.0806. The first-order chi connectivity index (χ1) is 5.54. The van der Waals surface area contributed by atoms with Crippen LogP contribution in [0.2, 0.25) is 0 Å². The van der Waals surface area contributed by atoms with Gasteiger partial charge in [0.2, 0.25) is 5.78 Å². The van der Waals surface area contributed by atoms with Gasteiger partial charge in [-0.15, -0.1) is 0 Å². The molecule has 0 aromatic carbocycles. The Hall–Kier alpha value is -1.58. The van der Waals surface area contributed by atoms with Crippen LogP contribution in [0.1, 0.15) is 6.92 Å². The lowest BCUT2D eigenvalue weighted by atomic mass is 9.87. The molecule has 1 unspecified atom stereocenters. The van der Waals surface area contributed by atoms with E-state index < -0.39 is 29.0 Å². The maximum atomic E-state index is 11.0. The number of ketones is 3. The van der Waals surface area contributed by atoms with E-state index in [1.807, 2.05) is 0 Å². The summed E-state index contributed by atoms with van der Waals surface area (Å²) in [6.45, 7) is 1.20. The molecule has 1 aliphatic carbocycles. The van der Waals surface area contributed by atoms with Gasteiger partial charge >= 0.3 is 0 Å². The van der Waals surface area contributed by atoms with Crippen molar-refractivity contribution < 1.29 is 14.4 Å². The monoisotopic (exact) mass is 165 g/mol. The zero-order valence-electron chi connectivity index (χ0n) is 6.46. The number of nitrogens with one attached hydrogen (secondary N) is 1. The van der Waals surface area contributed by atoms with Gasteiger partial charge in [-0.05, 0) is 19.1 Å². The van der Waals surface area contributed by atoms with Gasteiger partial charge in [0, 0.05) is 0 Å². The molecule has 0 bridgehead atoms. The lowest BCUT2D eigenvalue weighted by Gasteiger charge is -2.12. The van der Waals surface area contributed by atoms with E-state index in [4.69, 9.17) is 5.41 Å². The Morgan fingerprint density at radius 2 is 2.00 bits per heavy atom. The third kappa shape index (κ3) is 1.23. The van der Waals surface area contributed by atoms with Gasteiger partial charge < -0.3 is 5.41 Å². The Kier molecular flexibility index (Phi) is 1.99. The van der Waals surface area contributed by atoms with Crippen LogP contribution in [0.4, 0.5) is 0 Å². The zero-order valence-corrected chi connectivity index (χ0v) is 6.46. The van der Waals surface area contributed by atoms with E-state index in [9.17, 15) is 14.4 Å². The van der Waals surface area contributed by atoms with Crippen molar-refractivity contribution in [2.45, 2.75) is 6.92 Å². The largest absolute Gasteiger partial charge is 0.300 e. The number of rotatable bonds is 1. The second kappa shape index (κ2) is 2.81. The van der Waals surface area contributed by atoms with Gasteiger partial charge in [-0.3, -0.25) is 14.4 Å². The van der Waals surface area contributed by atoms with Crippen molar-refractivity contribution in [1.29, 1.82) is 5.41 Å². The molecule has 4 nitrogen and oxygen atoms in total. The molecule has 0 aliphatic heterocycles. The highest BCUT2D eigenvalue weighted by molar-refractivity contribution is 6.53. The summed E-state index contributed by atoms with van der Waals surface area (Å²) in [5, 5.41) is 7.17. The van der Waals surface area contributed by atoms with Crippen LogP contribution >= 0.6 is 0 Å². The molecule has 1 atom stereocenters. The lowest BCUT2D eigenvalue weighted by molar-refractivity contribution is -0.127. The fraction of sp³-hybridized carbons (Fsp3) is 0.250. The van der Waals surface area contributed by atoms with Gasteiger partial charge in [0.15, 0.2) is 5.78 Å².